The average Bonchev–Trinajstić information content (AvgIpc) is 2.59. The number of rotatable bonds is 2. The van der Waals surface area contributed by atoms with E-state index in [1.54, 1.807) is 18.7 Å². The molecule has 0 saturated heterocycles. The summed E-state index contributed by atoms with van der Waals surface area (Å²) in [5.41, 5.74) is 1.18. The van der Waals surface area contributed by atoms with Gasteiger partial charge in [0.25, 0.3) is 5.91 Å². The molecule has 1 amide bonds. The molecule has 1 N–H and O–H groups in total. The van der Waals surface area contributed by atoms with Crippen LogP contribution in [-0.4, -0.2) is 15.7 Å². The molecular formula is C12H11F2N3O. The van der Waals surface area contributed by atoms with E-state index in [1.807, 2.05) is 0 Å². The van der Waals surface area contributed by atoms with Crippen LogP contribution in [-0.2, 0) is 7.05 Å². The molecule has 0 spiro atoms. The zero-order chi connectivity index (χ0) is 13.3. The van der Waals surface area contributed by atoms with Gasteiger partial charge in [0.05, 0.1) is 17.6 Å². The summed E-state index contributed by atoms with van der Waals surface area (Å²) < 4.78 is 27.5. The van der Waals surface area contributed by atoms with Crippen LogP contribution in [0.4, 0.5) is 14.5 Å². The van der Waals surface area contributed by atoms with Gasteiger partial charge in [-0.2, -0.15) is 5.10 Å². The van der Waals surface area contributed by atoms with Gasteiger partial charge >= 0.3 is 0 Å². The number of carbonyl (C=O) groups is 1. The van der Waals surface area contributed by atoms with Crippen LogP contribution >= 0.6 is 0 Å². The van der Waals surface area contributed by atoms with Crippen LogP contribution < -0.4 is 5.32 Å². The lowest BCUT2D eigenvalue weighted by molar-refractivity contribution is 0.102. The maximum absolute atomic E-state index is 13.0. The van der Waals surface area contributed by atoms with Gasteiger partial charge in [-0.15, -0.1) is 0 Å². The monoisotopic (exact) mass is 251 g/mol. The van der Waals surface area contributed by atoms with Gasteiger partial charge in [-0.25, -0.2) is 8.78 Å². The molecule has 1 aromatic carbocycles. The van der Waals surface area contributed by atoms with E-state index in [-0.39, 0.29) is 5.56 Å². The predicted octanol–water partition coefficient (Wildman–Crippen LogP) is 2.26. The number of hydrogen-bond acceptors (Lipinski definition) is 2. The minimum absolute atomic E-state index is 0.0734. The third-order valence-electron chi connectivity index (χ3n) is 2.61. The highest BCUT2D eigenvalue weighted by Gasteiger charge is 2.12. The van der Waals surface area contributed by atoms with Gasteiger partial charge in [-0.05, 0) is 19.1 Å². The molecule has 1 aromatic heterocycles. The second kappa shape index (κ2) is 4.56. The maximum Gasteiger partial charge on any atom is 0.255 e. The van der Waals surface area contributed by atoms with Gasteiger partial charge in [-0.3, -0.25) is 9.48 Å². The third kappa shape index (κ3) is 2.37. The molecule has 2 rings (SSSR count). The molecule has 0 fully saturated rings. The highest BCUT2D eigenvalue weighted by Crippen LogP contribution is 2.15. The van der Waals surface area contributed by atoms with Crippen LogP contribution in [0.25, 0.3) is 0 Å². The molecule has 0 radical (unpaired) electrons. The SMILES string of the molecule is Cc1c(NC(=O)c2cc(F)cc(F)c2)cnn1C. The Morgan fingerprint density at radius 2 is 1.89 bits per heavy atom. The molecule has 0 aliphatic heterocycles. The van der Waals surface area contributed by atoms with Crippen LogP contribution in [0.3, 0.4) is 0 Å². The molecule has 18 heavy (non-hydrogen) atoms. The largest absolute Gasteiger partial charge is 0.319 e. The summed E-state index contributed by atoms with van der Waals surface area (Å²) in [5.74, 6) is -2.16. The molecule has 94 valence electrons. The number of benzene rings is 1. The van der Waals surface area contributed by atoms with E-state index in [0.717, 1.165) is 17.8 Å². The fraction of sp³-hybridized carbons (Fsp3) is 0.167. The topological polar surface area (TPSA) is 46.9 Å². The zero-order valence-electron chi connectivity index (χ0n) is 9.87. The second-order valence-electron chi connectivity index (χ2n) is 3.88. The quantitative estimate of drug-likeness (QED) is 0.889. The molecular weight excluding hydrogens is 240 g/mol. The summed E-state index contributed by atoms with van der Waals surface area (Å²) >= 11 is 0. The second-order valence-corrected chi connectivity index (χ2v) is 3.88. The number of halogens is 2. The lowest BCUT2D eigenvalue weighted by Gasteiger charge is -2.05. The van der Waals surface area contributed by atoms with E-state index in [2.05, 4.69) is 10.4 Å². The fourth-order valence-corrected chi connectivity index (χ4v) is 1.50. The zero-order valence-corrected chi connectivity index (χ0v) is 9.87. The molecule has 0 aliphatic rings. The Morgan fingerprint density at radius 1 is 1.28 bits per heavy atom. The first-order valence-corrected chi connectivity index (χ1v) is 5.23. The van der Waals surface area contributed by atoms with Crippen molar-refractivity contribution in [1.82, 2.24) is 9.78 Å². The number of anilines is 1. The van der Waals surface area contributed by atoms with E-state index in [9.17, 15) is 13.6 Å². The van der Waals surface area contributed by atoms with Gasteiger partial charge in [-0.1, -0.05) is 0 Å². The smallest absolute Gasteiger partial charge is 0.255 e. The van der Waals surface area contributed by atoms with Gasteiger partial charge in [0, 0.05) is 18.7 Å². The number of hydrogen-bond donors (Lipinski definition) is 1. The molecule has 0 bridgehead atoms. The summed E-state index contributed by atoms with van der Waals surface area (Å²) in [7, 11) is 1.73. The van der Waals surface area contributed by atoms with Crippen molar-refractivity contribution in [2.24, 2.45) is 7.05 Å². The first-order valence-electron chi connectivity index (χ1n) is 5.23. The Hall–Kier alpha value is -2.24. The molecule has 4 nitrogen and oxygen atoms in total. The van der Waals surface area contributed by atoms with Gasteiger partial charge in [0.1, 0.15) is 11.6 Å². The van der Waals surface area contributed by atoms with E-state index in [1.165, 1.54) is 6.20 Å². The molecule has 0 saturated carbocycles. The van der Waals surface area contributed by atoms with Gasteiger partial charge in [0.2, 0.25) is 0 Å². The Morgan fingerprint density at radius 3 is 2.39 bits per heavy atom. The summed E-state index contributed by atoms with van der Waals surface area (Å²) in [6, 6.07) is 2.67. The van der Waals surface area contributed by atoms with Crippen molar-refractivity contribution in [1.29, 1.82) is 0 Å². The lowest BCUT2D eigenvalue weighted by atomic mass is 10.2. The number of carbonyl (C=O) groups excluding carboxylic acids is 1. The van der Waals surface area contributed by atoms with Crippen molar-refractivity contribution < 1.29 is 13.6 Å². The number of aromatic nitrogens is 2. The highest BCUT2D eigenvalue weighted by molar-refractivity contribution is 6.04. The number of nitrogens with zero attached hydrogens (tertiary/aromatic N) is 2. The Labute approximate surface area is 102 Å². The Bertz CT molecular complexity index is 587. The van der Waals surface area contributed by atoms with E-state index in [4.69, 9.17) is 0 Å². The summed E-state index contributed by atoms with van der Waals surface area (Å²) in [6.45, 7) is 1.77. The van der Waals surface area contributed by atoms with Crippen LogP contribution in [0.2, 0.25) is 0 Å². The molecule has 0 aliphatic carbocycles. The predicted molar refractivity (Wildman–Crippen MR) is 62.3 cm³/mol. The van der Waals surface area contributed by atoms with Crippen molar-refractivity contribution >= 4 is 11.6 Å². The molecule has 6 heteroatoms. The van der Waals surface area contributed by atoms with E-state index in [0.29, 0.717) is 11.8 Å². The third-order valence-corrected chi connectivity index (χ3v) is 2.61. The summed E-state index contributed by atoms with van der Waals surface area (Å²) in [6.07, 6.45) is 1.48. The van der Waals surface area contributed by atoms with Crippen LogP contribution in [0.5, 0.6) is 0 Å². The Kier molecular flexibility index (Phi) is 3.10. The summed E-state index contributed by atoms with van der Waals surface area (Å²) in [5, 5.41) is 6.50. The van der Waals surface area contributed by atoms with Crippen LogP contribution in [0.1, 0.15) is 16.1 Å². The minimum atomic E-state index is -0.789. The van der Waals surface area contributed by atoms with E-state index >= 15 is 0 Å². The molecule has 0 unspecified atom stereocenters. The number of aryl methyl sites for hydroxylation is 1. The maximum atomic E-state index is 13.0. The highest BCUT2D eigenvalue weighted by atomic mass is 19.1. The molecule has 2 aromatic rings. The van der Waals surface area contributed by atoms with Crippen LogP contribution in [0, 0.1) is 18.6 Å². The lowest BCUT2D eigenvalue weighted by Crippen LogP contribution is -2.13. The van der Waals surface area contributed by atoms with Crippen molar-refractivity contribution in [2.45, 2.75) is 6.92 Å². The first-order chi connectivity index (χ1) is 8.47. The molecule has 1 heterocycles. The minimum Gasteiger partial charge on any atom is -0.319 e. The number of nitrogens with one attached hydrogen (secondary N) is 1. The van der Waals surface area contributed by atoms with Crippen LogP contribution in [0.15, 0.2) is 24.4 Å². The van der Waals surface area contributed by atoms with Gasteiger partial charge < -0.3 is 5.32 Å². The number of amides is 1. The van der Waals surface area contributed by atoms with Crippen molar-refractivity contribution in [2.75, 3.05) is 5.32 Å². The average molecular weight is 251 g/mol. The summed E-state index contributed by atoms with van der Waals surface area (Å²) in [4.78, 5) is 11.8. The molecule has 0 atom stereocenters. The Balaban J connectivity index is 2.24. The first kappa shape index (κ1) is 12.2. The fourth-order valence-electron chi connectivity index (χ4n) is 1.50. The van der Waals surface area contributed by atoms with Gasteiger partial charge in [0.15, 0.2) is 0 Å². The van der Waals surface area contributed by atoms with Crippen molar-refractivity contribution in [3.05, 3.63) is 47.3 Å². The standard InChI is InChI=1S/C12H11F2N3O/c1-7-11(6-15-17(7)2)16-12(18)8-3-9(13)5-10(14)4-8/h3-6H,1-2H3,(H,16,18). The van der Waals surface area contributed by atoms with Crippen molar-refractivity contribution in [3.63, 3.8) is 0 Å². The normalized spacial score (nSPS) is 10.4. The van der Waals surface area contributed by atoms with E-state index < -0.39 is 17.5 Å². The van der Waals surface area contributed by atoms with Crippen molar-refractivity contribution in [3.8, 4) is 0 Å².